The van der Waals surface area contributed by atoms with Crippen molar-refractivity contribution in [1.82, 2.24) is 4.98 Å². The largest absolute Gasteiger partial charge is 0.399 e. The molecule has 0 bridgehead atoms. The normalized spacial score (nSPS) is 10.8. The fourth-order valence-corrected chi connectivity index (χ4v) is 2.54. The summed E-state index contributed by atoms with van der Waals surface area (Å²) in [5, 5.41) is 1.07. The Morgan fingerprint density at radius 1 is 0.952 bits per heavy atom. The van der Waals surface area contributed by atoms with Crippen molar-refractivity contribution < 1.29 is 0 Å². The van der Waals surface area contributed by atoms with Crippen LogP contribution in [0.25, 0.3) is 10.9 Å². The Hall–Kier alpha value is -2.55. The lowest BCUT2D eigenvalue weighted by Gasteiger charge is -2.22. The molecular formula is C18H19N3. The van der Waals surface area contributed by atoms with E-state index in [0.717, 1.165) is 33.7 Å². The van der Waals surface area contributed by atoms with Crippen LogP contribution in [0.5, 0.6) is 0 Å². The molecule has 106 valence electrons. The second-order valence-electron chi connectivity index (χ2n) is 5.45. The molecule has 0 saturated heterocycles. The van der Waals surface area contributed by atoms with Crippen LogP contribution in [0.15, 0.2) is 48.5 Å². The van der Waals surface area contributed by atoms with E-state index in [1.165, 1.54) is 5.56 Å². The maximum atomic E-state index is 5.94. The Labute approximate surface area is 125 Å². The number of rotatable bonds is 2. The SMILES string of the molecule is Cc1ccc(N(C)c2cc(C)nc3ccc(N)cc23)cc1. The summed E-state index contributed by atoms with van der Waals surface area (Å²) in [5.74, 6) is 0. The molecule has 0 aliphatic heterocycles. The highest BCUT2D eigenvalue weighted by Crippen LogP contribution is 2.32. The zero-order valence-corrected chi connectivity index (χ0v) is 12.6. The van der Waals surface area contributed by atoms with Gasteiger partial charge in [0.2, 0.25) is 0 Å². The van der Waals surface area contributed by atoms with E-state index in [4.69, 9.17) is 5.73 Å². The number of aryl methyl sites for hydroxylation is 2. The van der Waals surface area contributed by atoms with Gasteiger partial charge in [0.05, 0.1) is 11.2 Å². The number of hydrogen-bond acceptors (Lipinski definition) is 3. The van der Waals surface area contributed by atoms with E-state index in [1.807, 2.05) is 25.1 Å². The van der Waals surface area contributed by atoms with E-state index >= 15 is 0 Å². The predicted molar refractivity (Wildman–Crippen MR) is 90.1 cm³/mol. The Bertz CT molecular complexity index is 791. The van der Waals surface area contributed by atoms with Gasteiger partial charge in [-0.3, -0.25) is 4.98 Å². The number of pyridine rings is 1. The lowest BCUT2D eigenvalue weighted by Crippen LogP contribution is -2.10. The van der Waals surface area contributed by atoms with Gasteiger partial charge in [-0.25, -0.2) is 0 Å². The van der Waals surface area contributed by atoms with Crippen molar-refractivity contribution >= 4 is 28.0 Å². The van der Waals surface area contributed by atoms with Crippen molar-refractivity contribution in [2.75, 3.05) is 17.7 Å². The van der Waals surface area contributed by atoms with Crippen LogP contribution in [-0.2, 0) is 0 Å². The average Bonchev–Trinajstić information content (AvgIpc) is 2.47. The quantitative estimate of drug-likeness (QED) is 0.714. The first-order chi connectivity index (χ1) is 10.0. The van der Waals surface area contributed by atoms with Crippen molar-refractivity contribution in [3.63, 3.8) is 0 Å². The van der Waals surface area contributed by atoms with Crippen LogP contribution in [0.2, 0.25) is 0 Å². The van der Waals surface area contributed by atoms with E-state index in [1.54, 1.807) is 0 Å². The molecule has 0 unspecified atom stereocenters. The van der Waals surface area contributed by atoms with Gasteiger partial charge in [-0.1, -0.05) is 17.7 Å². The number of hydrogen-bond donors (Lipinski definition) is 1. The molecule has 0 amide bonds. The van der Waals surface area contributed by atoms with Crippen molar-refractivity contribution in [2.24, 2.45) is 0 Å². The molecule has 21 heavy (non-hydrogen) atoms. The highest BCUT2D eigenvalue weighted by atomic mass is 15.1. The van der Waals surface area contributed by atoms with Gasteiger partial charge in [-0.05, 0) is 50.2 Å². The van der Waals surface area contributed by atoms with Gasteiger partial charge in [0.1, 0.15) is 0 Å². The van der Waals surface area contributed by atoms with Crippen LogP contribution >= 0.6 is 0 Å². The molecule has 2 aromatic carbocycles. The van der Waals surface area contributed by atoms with Gasteiger partial charge < -0.3 is 10.6 Å². The van der Waals surface area contributed by atoms with Gasteiger partial charge in [0.25, 0.3) is 0 Å². The number of fused-ring (bicyclic) bond motifs is 1. The summed E-state index contributed by atoms with van der Waals surface area (Å²) in [4.78, 5) is 6.76. The minimum absolute atomic E-state index is 0.756. The Morgan fingerprint density at radius 2 is 1.67 bits per heavy atom. The fraction of sp³-hybridized carbons (Fsp3) is 0.167. The molecule has 3 heteroatoms. The summed E-state index contributed by atoms with van der Waals surface area (Å²) in [7, 11) is 2.07. The zero-order chi connectivity index (χ0) is 15.0. The minimum Gasteiger partial charge on any atom is -0.399 e. The molecule has 0 spiro atoms. The first kappa shape index (κ1) is 13.4. The average molecular weight is 277 g/mol. The first-order valence-electron chi connectivity index (χ1n) is 7.02. The molecule has 2 N–H and O–H groups in total. The van der Waals surface area contributed by atoms with Crippen molar-refractivity contribution in [3.8, 4) is 0 Å². The molecule has 3 rings (SSSR count). The molecular weight excluding hydrogens is 258 g/mol. The van der Waals surface area contributed by atoms with E-state index in [-0.39, 0.29) is 0 Å². The van der Waals surface area contributed by atoms with Gasteiger partial charge in [-0.15, -0.1) is 0 Å². The number of anilines is 3. The number of nitrogens with zero attached hydrogens (tertiary/aromatic N) is 2. The molecule has 0 fully saturated rings. The molecule has 0 aliphatic rings. The van der Waals surface area contributed by atoms with Crippen LogP contribution in [-0.4, -0.2) is 12.0 Å². The van der Waals surface area contributed by atoms with Crippen LogP contribution in [0.1, 0.15) is 11.3 Å². The molecule has 1 heterocycles. The van der Waals surface area contributed by atoms with Gasteiger partial charge >= 0.3 is 0 Å². The van der Waals surface area contributed by atoms with Crippen LogP contribution in [0.3, 0.4) is 0 Å². The van der Waals surface area contributed by atoms with Crippen LogP contribution in [0, 0.1) is 13.8 Å². The van der Waals surface area contributed by atoms with Crippen molar-refractivity contribution in [2.45, 2.75) is 13.8 Å². The lowest BCUT2D eigenvalue weighted by molar-refractivity contribution is 1.18. The van der Waals surface area contributed by atoms with Gasteiger partial charge in [0.15, 0.2) is 0 Å². The topological polar surface area (TPSA) is 42.2 Å². The van der Waals surface area contributed by atoms with Crippen molar-refractivity contribution in [1.29, 1.82) is 0 Å². The monoisotopic (exact) mass is 277 g/mol. The standard InChI is InChI=1S/C18H19N3/c1-12-4-7-15(8-5-12)21(3)18-10-13(2)20-17-9-6-14(19)11-16(17)18/h4-11H,19H2,1-3H3. The second-order valence-corrected chi connectivity index (χ2v) is 5.45. The maximum absolute atomic E-state index is 5.94. The third-order valence-corrected chi connectivity index (χ3v) is 3.72. The van der Waals surface area contributed by atoms with E-state index in [0.29, 0.717) is 0 Å². The Morgan fingerprint density at radius 3 is 2.38 bits per heavy atom. The molecule has 1 aromatic heterocycles. The van der Waals surface area contributed by atoms with Crippen LogP contribution < -0.4 is 10.6 Å². The summed E-state index contributed by atoms with van der Waals surface area (Å²) in [5.41, 5.74) is 12.2. The number of nitrogen functional groups attached to an aromatic ring is 1. The third-order valence-electron chi connectivity index (χ3n) is 3.72. The highest BCUT2D eigenvalue weighted by Gasteiger charge is 2.10. The van der Waals surface area contributed by atoms with E-state index < -0.39 is 0 Å². The molecule has 0 radical (unpaired) electrons. The molecule has 3 aromatic rings. The van der Waals surface area contributed by atoms with Gasteiger partial charge in [0, 0.05) is 29.5 Å². The molecule has 0 saturated carbocycles. The maximum Gasteiger partial charge on any atom is 0.0727 e. The van der Waals surface area contributed by atoms with E-state index in [2.05, 4.69) is 54.2 Å². The molecule has 0 atom stereocenters. The summed E-state index contributed by atoms with van der Waals surface area (Å²) in [6, 6.07) is 16.5. The smallest absolute Gasteiger partial charge is 0.0727 e. The second kappa shape index (κ2) is 5.09. The molecule has 0 aliphatic carbocycles. The zero-order valence-electron chi connectivity index (χ0n) is 12.6. The van der Waals surface area contributed by atoms with E-state index in [9.17, 15) is 0 Å². The number of nitrogens with two attached hydrogens (primary N) is 1. The summed E-state index contributed by atoms with van der Waals surface area (Å²) >= 11 is 0. The fourth-order valence-electron chi connectivity index (χ4n) is 2.54. The lowest BCUT2D eigenvalue weighted by atomic mass is 10.1. The van der Waals surface area contributed by atoms with Crippen LogP contribution in [0.4, 0.5) is 17.1 Å². The predicted octanol–water partition coefficient (Wildman–Crippen LogP) is 4.20. The Balaban J connectivity index is 2.18. The number of benzene rings is 2. The highest BCUT2D eigenvalue weighted by molar-refractivity contribution is 5.95. The summed E-state index contributed by atoms with van der Waals surface area (Å²) in [6.45, 7) is 4.11. The Kier molecular flexibility index (Phi) is 3.26. The molecule has 3 nitrogen and oxygen atoms in total. The first-order valence-corrected chi connectivity index (χ1v) is 7.02. The third kappa shape index (κ3) is 2.55. The minimum atomic E-state index is 0.756. The summed E-state index contributed by atoms with van der Waals surface area (Å²) < 4.78 is 0. The summed E-state index contributed by atoms with van der Waals surface area (Å²) in [6.07, 6.45) is 0. The van der Waals surface area contributed by atoms with Crippen molar-refractivity contribution in [3.05, 3.63) is 59.8 Å². The van der Waals surface area contributed by atoms with Gasteiger partial charge in [-0.2, -0.15) is 0 Å². The number of aromatic nitrogens is 1.